The molecule has 0 aliphatic carbocycles. The van der Waals surface area contributed by atoms with Crippen molar-refractivity contribution in [2.24, 2.45) is 5.10 Å². The van der Waals surface area contributed by atoms with E-state index >= 15 is 0 Å². The lowest BCUT2D eigenvalue weighted by molar-refractivity contribution is -0.143. The molecule has 248 valence electrons. The van der Waals surface area contributed by atoms with Crippen LogP contribution in [-0.2, 0) is 16.0 Å². The normalized spacial score (nSPS) is 11.1. The molecule has 0 radical (unpaired) electrons. The molecule has 0 saturated heterocycles. The van der Waals surface area contributed by atoms with Gasteiger partial charge in [0.15, 0.2) is 0 Å². The highest BCUT2D eigenvalue weighted by molar-refractivity contribution is 7.22. The molecule has 5 aromatic rings. The third-order valence-corrected chi connectivity index (χ3v) is 8.59. The minimum Gasteiger partial charge on any atom is -0.494 e. The van der Waals surface area contributed by atoms with Gasteiger partial charge in [-0.3, -0.25) is 10.2 Å². The van der Waals surface area contributed by atoms with Crippen LogP contribution in [0.3, 0.4) is 0 Å². The van der Waals surface area contributed by atoms with Gasteiger partial charge in [-0.1, -0.05) is 74.1 Å². The summed E-state index contributed by atoms with van der Waals surface area (Å²) in [6.07, 6.45) is 7.97. The van der Waals surface area contributed by atoms with Crippen molar-refractivity contribution in [3.05, 3.63) is 108 Å². The minimum atomic E-state index is -0.461. The number of esters is 2. The van der Waals surface area contributed by atoms with Crippen LogP contribution in [0.4, 0.5) is 5.13 Å². The summed E-state index contributed by atoms with van der Waals surface area (Å²) in [4.78, 5) is 28.8. The second kappa shape index (κ2) is 17.8. The number of benzene rings is 4. The molecule has 0 amide bonds. The van der Waals surface area contributed by atoms with Crippen molar-refractivity contribution in [1.29, 1.82) is 0 Å². The molecule has 8 nitrogen and oxygen atoms in total. The van der Waals surface area contributed by atoms with Crippen molar-refractivity contribution in [2.45, 2.75) is 58.8 Å². The van der Waals surface area contributed by atoms with Gasteiger partial charge in [0, 0.05) is 12.0 Å². The average molecular weight is 664 g/mol. The Morgan fingerprint density at radius 1 is 0.854 bits per heavy atom. The number of ether oxygens (including phenoxy) is 3. The third kappa shape index (κ3) is 9.99. The number of unbranched alkanes of at least 4 members (excludes halogenated alkanes) is 3. The molecule has 0 saturated carbocycles. The highest BCUT2D eigenvalue weighted by atomic mass is 32.1. The molecule has 0 fully saturated rings. The number of rotatable bonds is 17. The summed E-state index contributed by atoms with van der Waals surface area (Å²) in [6, 6.07) is 29.0. The summed E-state index contributed by atoms with van der Waals surface area (Å²) < 4.78 is 17.8. The van der Waals surface area contributed by atoms with Crippen molar-refractivity contribution in [3.63, 3.8) is 0 Å². The van der Waals surface area contributed by atoms with Crippen LogP contribution in [-0.4, -0.2) is 36.4 Å². The van der Waals surface area contributed by atoms with Crippen LogP contribution < -0.4 is 14.9 Å². The van der Waals surface area contributed by atoms with Crippen LogP contribution in [0, 0.1) is 0 Å². The van der Waals surface area contributed by atoms with Gasteiger partial charge in [0.2, 0.25) is 5.13 Å². The van der Waals surface area contributed by atoms with Gasteiger partial charge in [-0.05, 0) is 97.3 Å². The number of carbonyl (C=O) groups excluding carboxylic acids is 2. The first-order valence-electron chi connectivity index (χ1n) is 16.5. The predicted octanol–water partition coefficient (Wildman–Crippen LogP) is 9.47. The summed E-state index contributed by atoms with van der Waals surface area (Å²) in [5.74, 6) is 0.489. The molecule has 0 aliphatic rings. The van der Waals surface area contributed by atoms with Gasteiger partial charge in [-0.2, -0.15) is 5.10 Å². The van der Waals surface area contributed by atoms with Crippen LogP contribution in [0.25, 0.3) is 21.3 Å². The van der Waals surface area contributed by atoms with Gasteiger partial charge >= 0.3 is 11.9 Å². The number of hydrogen-bond donors (Lipinski definition) is 1. The fraction of sp³-hybridized carbons (Fsp3) is 0.282. The molecule has 0 aliphatic heterocycles. The highest BCUT2D eigenvalue weighted by Crippen LogP contribution is 2.29. The van der Waals surface area contributed by atoms with Crippen molar-refractivity contribution in [3.8, 4) is 22.6 Å². The van der Waals surface area contributed by atoms with Crippen LogP contribution >= 0.6 is 11.3 Å². The number of aromatic nitrogens is 1. The number of anilines is 1. The summed E-state index contributed by atoms with van der Waals surface area (Å²) in [6.45, 7) is 5.01. The number of thiazole rings is 1. The molecule has 0 atom stereocenters. The first-order chi connectivity index (χ1) is 23.5. The van der Waals surface area contributed by atoms with Crippen molar-refractivity contribution < 1.29 is 23.8 Å². The van der Waals surface area contributed by atoms with Crippen LogP contribution in [0.5, 0.6) is 11.5 Å². The van der Waals surface area contributed by atoms with Gasteiger partial charge in [0.05, 0.1) is 35.2 Å². The Hall–Kier alpha value is -5.02. The molecular formula is C39H41N3O5S. The van der Waals surface area contributed by atoms with Gasteiger partial charge < -0.3 is 14.2 Å². The third-order valence-electron chi connectivity index (χ3n) is 7.64. The van der Waals surface area contributed by atoms with Gasteiger partial charge in [0.25, 0.3) is 0 Å². The van der Waals surface area contributed by atoms with E-state index in [-0.39, 0.29) is 5.97 Å². The van der Waals surface area contributed by atoms with E-state index in [1.165, 1.54) is 16.9 Å². The topological polar surface area (TPSA) is 99.1 Å². The lowest BCUT2D eigenvalue weighted by atomic mass is 9.98. The van der Waals surface area contributed by atoms with E-state index in [0.29, 0.717) is 41.8 Å². The van der Waals surface area contributed by atoms with Crippen molar-refractivity contribution >= 4 is 44.8 Å². The molecule has 48 heavy (non-hydrogen) atoms. The SMILES string of the molecule is CCCc1ccc(-c2ccc(OC(=O)c3ccc(OCCCCCCOC(=O)CC)cc3)cc2/C=N/Nc2nc3ccccc3s2)cc1. The highest BCUT2D eigenvalue weighted by Gasteiger charge is 2.12. The lowest BCUT2D eigenvalue weighted by Gasteiger charge is -2.11. The zero-order chi connectivity index (χ0) is 33.6. The van der Waals surface area contributed by atoms with E-state index in [1.54, 1.807) is 43.5 Å². The Bertz CT molecular complexity index is 1780. The maximum atomic E-state index is 13.1. The number of fused-ring (bicyclic) bond motifs is 1. The van der Waals surface area contributed by atoms with E-state index in [4.69, 9.17) is 14.2 Å². The summed E-state index contributed by atoms with van der Waals surface area (Å²) in [5.41, 5.74) is 8.49. The Balaban J connectivity index is 1.20. The fourth-order valence-corrected chi connectivity index (χ4v) is 5.90. The largest absolute Gasteiger partial charge is 0.494 e. The fourth-order valence-electron chi connectivity index (χ4n) is 5.08. The average Bonchev–Trinajstić information content (AvgIpc) is 3.53. The van der Waals surface area contributed by atoms with Crippen LogP contribution in [0.1, 0.15) is 73.9 Å². The van der Waals surface area contributed by atoms with Crippen molar-refractivity contribution in [2.75, 3.05) is 18.6 Å². The monoisotopic (exact) mass is 663 g/mol. The van der Waals surface area contributed by atoms with E-state index in [1.807, 2.05) is 36.4 Å². The van der Waals surface area contributed by atoms with Crippen molar-refractivity contribution in [1.82, 2.24) is 4.98 Å². The maximum Gasteiger partial charge on any atom is 0.343 e. The Morgan fingerprint density at radius 2 is 1.60 bits per heavy atom. The second-order valence-electron chi connectivity index (χ2n) is 11.3. The predicted molar refractivity (Wildman–Crippen MR) is 193 cm³/mol. The molecule has 1 aromatic heterocycles. The van der Waals surface area contributed by atoms with Crippen LogP contribution in [0.2, 0.25) is 0 Å². The quantitative estimate of drug-likeness (QED) is 0.0348. The van der Waals surface area contributed by atoms with E-state index in [0.717, 1.165) is 65.4 Å². The Kier molecular flexibility index (Phi) is 12.7. The number of nitrogens with one attached hydrogen (secondary N) is 1. The van der Waals surface area contributed by atoms with Crippen LogP contribution in [0.15, 0.2) is 96.1 Å². The number of hydrogen-bond acceptors (Lipinski definition) is 9. The first kappa shape index (κ1) is 34.3. The smallest absolute Gasteiger partial charge is 0.343 e. The molecule has 0 unspecified atom stereocenters. The molecule has 4 aromatic carbocycles. The maximum absolute atomic E-state index is 13.1. The summed E-state index contributed by atoms with van der Waals surface area (Å²) >= 11 is 1.53. The summed E-state index contributed by atoms with van der Waals surface area (Å²) in [7, 11) is 0. The first-order valence-corrected chi connectivity index (χ1v) is 17.3. The standard InChI is InChI=1S/C39H41N3O5S/c1-3-11-28-14-16-29(17-15-28)34-23-22-33(26-31(34)27-40-42-39-41-35-12-7-8-13-36(35)48-39)47-38(44)30-18-20-32(21-19-30)45-24-9-5-6-10-25-46-37(43)4-2/h7-8,12-23,26-27H,3-6,9-11,24-25H2,1-2H3,(H,41,42)/b40-27+. The zero-order valence-electron chi connectivity index (χ0n) is 27.4. The zero-order valence-corrected chi connectivity index (χ0v) is 28.3. The number of carbonyl (C=O) groups is 2. The molecule has 1 heterocycles. The number of aryl methyl sites for hydroxylation is 1. The summed E-state index contributed by atoms with van der Waals surface area (Å²) in [5, 5.41) is 5.18. The molecule has 0 spiro atoms. The van der Waals surface area contributed by atoms with Gasteiger partial charge in [0.1, 0.15) is 11.5 Å². The number of hydrazone groups is 1. The van der Waals surface area contributed by atoms with Gasteiger partial charge in [-0.25, -0.2) is 9.78 Å². The number of nitrogens with zero attached hydrogens (tertiary/aromatic N) is 2. The molecule has 0 bridgehead atoms. The molecule has 1 N–H and O–H groups in total. The van der Waals surface area contributed by atoms with E-state index in [2.05, 4.69) is 46.7 Å². The Labute approximate surface area is 285 Å². The minimum absolute atomic E-state index is 0.156. The second-order valence-corrected chi connectivity index (χ2v) is 12.3. The lowest BCUT2D eigenvalue weighted by Crippen LogP contribution is -2.09. The van der Waals surface area contributed by atoms with Gasteiger partial charge in [-0.15, -0.1) is 0 Å². The molecule has 5 rings (SSSR count). The Morgan fingerprint density at radius 3 is 2.35 bits per heavy atom. The molecule has 9 heteroatoms. The van der Waals surface area contributed by atoms with E-state index in [9.17, 15) is 9.59 Å². The molecular weight excluding hydrogens is 623 g/mol. The van der Waals surface area contributed by atoms with E-state index < -0.39 is 5.97 Å². The number of para-hydroxylation sites is 1.